The van der Waals surface area contributed by atoms with Gasteiger partial charge in [-0.1, -0.05) is 42.5 Å². The lowest BCUT2D eigenvalue weighted by Gasteiger charge is -2.35. The number of ether oxygens (including phenoxy) is 1. The molecule has 1 aliphatic heterocycles. The predicted octanol–water partition coefficient (Wildman–Crippen LogP) is 3.09. The number of hydrogen-bond donors (Lipinski definition) is 0. The maximum atomic E-state index is 12.3. The van der Waals surface area contributed by atoms with E-state index in [1.807, 2.05) is 54.6 Å². The van der Waals surface area contributed by atoms with Gasteiger partial charge in [-0.3, -0.25) is 0 Å². The van der Waals surface area contributed by atoms with Crippen LogP contribution in [0.3, 0.4) is 0 Å². The molecule has 0 spiro atoms. The van der Waals surface area contributed by atoms with Gasteiger partial charge >= 0.3 is 6.09 Å². The second kappa shape index (κ2) is 7.39. The van der Waals surface area contributed by atoms with Gasteiger partial charge in [-0.15, -0.1) is 0 Å². The Morgan fingerprint density at radius 2 is 1.65 bits per heavy atom. The molecule has 1 aromatic heterocycles. The molecule has 4 rings (SSSR count). The van der Waals surface area contributed by atoms with E-state index in [9.17, 15) is 4.79 Å². The number of amides is 1. The summed E-state index contributed by atoms with van der Waals surface area (Å²) in [5.74, 6) is 0.924. The van der Waals surface area contributed by atoms with Crippen LogP contribution in [-0.4, -0.2) is 47.1 Å². The zero-order chi connectivity index (χ0) is 17.8. The van der Waals surface area contributed by atoms with Gasteiger partial charge in [0.25, 0.3) is 0 Å². The van der Waals surface area contributed by atoms with Crippen LogP contribution in [0, 0.1) is 0 Å². The van der Waals surface area contributed by atoms with Gasteiger partial charge in [0.2, 0.25) is 0 Å². The second-order valence-electron chi connectivity index (χ2n) is 6.23. The zero-order valence-electron chi connectivity index (χ0n) is 14.4. The maximum absolute atomic E-state index is 12.3. The van der Waals surface area contributed by atoms with E-state index in [1.54, 1.807) is 11.2 Å². The Kier molecular flexibility index (Phi) is 4.64. The number of carbonyl (C=O) groups excluding carboxylic acids is 1. The number of anilines is 1. The lowest BCUT2D eigenvalue weighted by atomic mass is 10.2. The topological polar surface area (TPSA) is 58.6 Å². The van der Waals surface area contributed by atoms with Crippen molar-refractivity contribution in [2.24, 2.45) is 0 Å². The number of para-hydroxylation sites is 1. The Balaban J connectivity index is 1.37. The summed E-state index contributed by atoms with van der Waals surface area (Å²) in [6.07, 6.45) is 1.33. The molecule has 1 fully saturated rings. The van der Waals surface area contributed by atoms with Gasteiger partial charge in [0.1, 0.15) is 18.8 Å². The van der Waals surface area contributed by atoms with Gasteiger partial charge in [-0.2, -0.15) is 0 Å². The van der Waals surface area contributed by atoms with Crippen molar-refractivity contribution in [1.82, 2.24) is 14.9 Å². The van der Waals surface area contributed by atoms with Crippen LogP contribution in [0.15, 0.2) is 60.9 Å². The van der Waals surface area contributed by atoms with Crippen LogP contribution in [0.5, 0.6) is 0 Å². The summed E-state index contributed by atoms with van der Waals surface area (Å²) in [6.45, 7) is 2.98. The fourth-order valence-electron chi connectivity index (χ4n) is 3.15. The number of benzene rings is 2. The molecule has 1 aliphatic rings. The third kappa shape index (κ3) is 3.44. The number of fused-ring (bicyclic) bond motifs is 1. The van der Waals surface area contributed by atoms with Crippen molar-refractivity contribution in [3.63, 3.8) is 0 Å². The van der Waals surface area contributed by atoms with Crippen LogP contribution in [0.25, 0.3) is 10.9 Å². The first-order valence-electron chi connectivity index (χ1n) is 8.71. The Morgan fingerprint density at radius 1 is 0.923 bits per heavy atom. The third-order valence-corrected chi connectivity index (χ3v) is 4.56. The summed E-state index contributed by atoms with van der Waals surface area (Å²) in [5.41, 5.74) is 1.93. The molecular formula is C20H20N4O2. The highest BCUT2D eigenvalue weighted by molar-refractivity contribution is 5.89. The van der Waals surface area contributed by atoms with Gasteiger partial charge in [0.15, 0.2) is 0 Å². The third-order valence-electron chi connectivity index (χ3n) is 4.56. The van der Waals surface area contributed by atoms with Gasteiger partial charge < -0.3 is 14.5 Å². The number of aromatic nitrogens is 2. The smallest absolute Gasteiger partial charge is 0.410 e. The molecule has 1 amide bonds. The largest absolute Gasteiger partial charge is 0.445 e. The van der Waals surface area contributed by atoms with Crippen molar-refractivity contribution in [2.45, 2.75) is 6.61 Å². The molecule has 0 radical (unpaired) electrons. The van der Waals surface area contributed by atoms with E-state index in [4.69, 9.17) is 4.74 Å². The van der Waals surface area contributed by atoms with Crippen LogP contribution in [0.1, 0.15) is 5.56 Å². The van der Waals surface area contributed by atoms with Crippen molar-refractivity contribution < 1.29 is 9.53 Å². The molecule has 132 valence electrons. The molecular weight excluding hydrogens is 328 g/mol. The predicted molar refractivity (Wildman–Crippen MR) is 100.0 cm³/mol. The first-order valence-corrected chi connectivity index (χ1v) is 8.71. The number of rotatable bonds is 3. The fourth-order valence-corrected chi connectivity index (χ4v) is 3.15. The average molecular weight is 348 g/mol. The average Bonchev–Trinajstić information content (AvgIpc) is 2.72. The highest BCUT2D eigenvalue weighted by Gasteiger charge is 2.24. The van der Waals surface area contributed by atoms with Crippen LogP contribution < -0.4 is 4.90 Å². The lowest BCUT2D eigenvalue weighted by molar-refractivity contribution is 0.0941. The fraction of sp³-hybridized carbons (Fsp3) is 0.250. The zero-order valence-corrected chi connectivity index (χ0v) is 14.4. The summed E-state index contributed by atoms with van der Waals surface area (Å²) in [5, 5.41) is 1.04. The maximum Gasteiger partial charge on any atom is 0.410 e. The van der Waals surface area contributed by atoms with Crippen LogP contribution in [0.4, 0.5) is 10.6 Å². The van der Waals surface area contributed by atoms with Crippen molar-refractivity contribution in [3.05, 3.63) is 66.5 Å². The molecule has 2 heterocycles. The summed E-state index contributed by atoms with van der Waals surface area (Å²) in [4.78, 5) is 25.0. The molecule has 0 bridgehead atoms. The van der Waals surface area contributed by atoms with E-state index in [0.717, 1.165) is 35.4 Å². The van der Waals surface area contributed by atoms with Crippen molar-refractivity contribution in [1.29, 1.82) is 0 Å². The highest BCUT2D eigenvalue weighted by atomic mass is 16.6. The molecule has 0 unspecified atom stereocenters. The molecule has 1 saturated heterocycles. The van der Waals surface area contributed by atoms with Crippen LogP contribution >= 0.6 is 0 Å². The molecule has 2 aromatic carbocycles. The molecule has 6 nitrogen and oxygen atoms in total. The number of piperazine rings is 1. The van der Waals surface area contributed by atoms with Gasteiger partial charge in [0.05, 0.1) is 5.52 Å². The molecule has 3 aromatic rings. The quantitative estimate of drug-likeness (QED) is 0.728. The Labute approximate surface area is 152 Å². The summed E-state index contributed by atoms with van der Waals surface area (Å²) < 4.78 is 5.42. The monoisotopic (exact) mass is 348 g/mol. The minimum atomic E-state index is -0.263. The number of nitrogens with zero attached hydrogens (tertiary/aromatic N) is 4. The molecule has 0 saturated carbocycles. The van der Waals surface area contributed by atoms with E-state index >= 15 is 0 Å². The van der Waals surface area contributed by atoms with Crippen molar-refractivity contribution >= 4 is 22.8 Å². The Hall–Kier alpha value is -3.15. The molecule has 0 aliphatic carbocycles. The molecule has 0 N–H and O–H groups in total. The lowest BCUT2D eigenvalue weighted by Crippen LogP contribution is -2.49. The normalized spacial score (nSPS) is 14.5. The van der Waals surface area contributed by atoms with Gasteiger partial charge in [-0.05, 0) is 17.7 Å². The number of carbonyl (C=O) groups is 1. The first kappa shape index (κ1) is 16.3. The van der Waals surface area contributed by atoms with E-state index in [1.165, 1.54) is 0 Å². The van der Waals surface area contributed by atoms with Crippen LogP contribution in [-0.2, 0) is 11.3 Å². The van der Waals surface area contributed by atoms with Crippen molar-refractivity contribution in [2.75, 3.05) is 31.1 Å². The molecule has 0 atom stereocenters. The summed E-state index contributed by atoms with van der Waals surface area (Å²) in [6, 6.07) is 17.7. The summed E-state index contributed by atoms with van der Waals surface area (Å²) in [7, 11) is 0. The van der Waals surface area contributed by atoms with E-state index in [2.05, 4.69) is 14.9 Å². The minimum Gasteiger partial charge on any atom is -0.445 e. The van der Waals surface area contributed by atoms with Crippen LogP contribution in [0.2, 0.25) is 0 Å². The van der Waals surface area contributed by atoms with E-state index in [0.29, 0.717) is 19.7 Å². The highest BCUT2D eigenvalue weighted by Crippen LogP contribution is 2.23. The van der Waals surface area contributed by atoms with E-state index in [-0.39, 0.29) is 6.09 Å². The molecule has 26 heavy (non-hydrogen) atoms. The van der Waals surface area contributed by atoms with Gasteiger partial charge in [0, 0.05) is 31.6 Å². The number of hydrogen-bond acceptors (Lipinski definition) is 5. The Bertz CT molecular complexity index is 887. The minimum absolute atomic E-state index is 0.263. The van der Waals surface area contributed by atoms with Crippen molar-refractivity contribution in [3.8, 4) is 0 Å². The van der Waals surface area contributed by atoms with E-state index < -0.39 is 0 Å². The standard InChI is InChI=1S/C20H20N4O2/c25-20(26-14-16-6-2-1-3-7-16)24-12-10-23(11-13-24)19-17-8-4-5-9-18(17)21-15-22-19/h1-9,15H,10-14H2. The summed E-state index contributed by atoms with van der Waals surface area (Å²) >= 11 is 0. The second-order valence-corrected chi connectivity index (χ2v) is 6.23. The first-order chi connectivity index (χ1) is 12.8. The van der Waals surface area contributed by atoms with Gasteiger partial charge in [-0.25, -0.2) is 14.8 Å². The Morgan fingerprint density at radius 3 is 2.46 bits per heavy atom. The SMILES string of the molecule is O=C(OCc1ccccc1)N1CCN(c2ncnc3ccccc23)CC1. The molecule has 6 heteroatoms.